The number of rotatable bonds is 6. The summed E-state index contributed by atoms with van der Waals surface area (Å²) in [6.07, 6.45) is 2.44. The Balaban J connectivity index is 1.62. The molecule has 3 amide bonds. The first-order valence-electron chi connectivity index (χ1n) is 12.7. The number of hydrogen-bond donors (Lipinski definition) is 2. The largest absolute Gasteiger partial charge is 0.504 e. The number of hydrogen-bond acceptors (Lipinski definition) is 8. The van der Waals surface area contributed by atoms with E-state index >= 15 is 0 Å². The van der Waals surface area contributed by atoms with Crippen LogP contribution in [-0.4, -0.2) is 60.4 Å². The van der Waals surface area contributed by atoms with Gasteiger partial charge in [0.1, 0.15) is 0 Å². The van der Waals surface area contributed by atoms with Crippen LogP contribution in [0.3, 0.4) is 0 Å². The van der Waals surface area contributed by atoms with E-state index in [1.165, 1.54) is 7.11 Å². The Morgan fingerprint density at radius 1 is 1.26 bits per heavy atom. The molecule has 0 aromatic heterocycles. The number of aromatic hydroxyl groups is 1. The van der Waals surface area contributed by atoms with Crippen molar-refractivity contribution in [1.82, 2.24) is 4.90 Å². The van der Waals surface area contributed by atoms with Crippen LogP contribution in [0.5, 0.6) is 11.5 Å². The van der Waals surface area contributed by atoms with E-state index in [2.05, 4.69) is 22.6 Å². The number of amides is 3. The van der Waals surface area contributed by atoms with Crippen LogP contribution in [-0.2, 0) is 19.0 Å². The normalized spacial score (nSPS) is 25.6. The van der Waals surface area contributed by atoms with Crippen molar-refractivity contribution in [2.45, 2.75) is 52.5 Å². The number of phenols is 1. The van der Waals surface area contributed by atoms with Crippen LogP contribution in [0.25, 0.3) is 6.08 Å². The number of carbonyl (C=O) groups is 3. The quantitative estimate of drug-likeness (QED) is 0.204. The standard InChI is InChI=1S/C27H33BINO8/c1-13(2)16-11-17-23(26(33)30(25(17)32)27(34)37-5)18-12-28(35)38-20(22(16)18)7-6-14(3)8-15-9-19(29)24(31)21(10-15)36-4/h8-10,13,17-18,20,23,31,35H,6-7,11-12H2,1-5H3/b14-8+/t17-,18+,20-,23-/m1/s1. The summed E-state index contributed by atoms with van der Waals surface area (Å²) in [6, 6.07) is 3.64. The number of phenolic OH excluding ortho intramolecular Hbond substituents is 1. The molecular formula is C27H33BINO8. The number of allylic oxidation sites excluding steroid dienone is 2. The molecule has 2 saturated heterocycles. The van der Waals surface area contributed by atoms with Crippen molar-refractivity contribution in [2.24, 2.45) is 23.7 Å². The van der Waals surface area contributed by atoms with E-state index in [9.17, 15) is 24.5 Å². The van der Waals surface area contributed by atoms with Gasteiger partial charge in [-0.2, -0.15) is 4.90 Å². The highest BCUT2D eigenvalue weighted by atomic mass is 127. The number of ether oxygens (including phenoxy) is 2. The van der Waals surface area contributed by atoms with E-state index in [-0.39, 0.29) is 18.0 Å². The van der Waals surface area contributed by atoms with Crippen molar-refractivity contribution in [2.75, 3.05) is 14.2 Å². The maximum absolute atomic E-state index is 13.3. The van der Waals surface area contributed by atoms with Gasteiger partial charge < -0.3 is 24.3 Å². The molecule has 0 spiro atoms. The van der Waals surface area contributed by atoms with Crippen molar-refractivity contribution < 1.29 is 38.6 Å². The van der Waals surface area contributed by atoms with E-state index in [0.29, 0.717) is 33.5 Å². The van der Waals surface area contributed by atoms with Gasteiger partial charge in [0.2, 0.25) is 11.8 Å². The summed E-state index contributed by atoms with van der Waals surface area (Å²) < 4.78 is 16.7. The number of likely N-dealkylation sites (tertiary alicyclic amines) is 1. The van der Waals surface area contributed by atoms with Crippen molar-refractivity contribution in [1.29, 1.82) is 0 Å². The average Bonchev–Trinajstić information content (AvgIpc) is 3.12. The Labute approximate surface area is 236 Å². The minimum Gasteiger partial charge on any atom is -0.504 e. The Kier molecular flexibility index (Phi) is 8.58. The zero-order valence-electron chi connectivity index (χ0n) is 22.2. The molecule has 1 aromatic rings. The van der Waals surface area contributed by atoms with Gasteiger partial charge in [-0.3, -0.25) is 9.59 Å². The maximum atomic E-state index is 13.3. The van der Waals surface area contributed by atoms with Crippen LogP contribution in [0.15, 0.2) is 28.9 Å². The third-order valence-corrected chi connectivity index (χ3v) is 8.61. The lowest BCUT2D eigenvalue weighted by atomic mass is 9.57. The zero-order chi connectivity index (χ0) is 27.9. The van der Waals surface area contributed by atoms with E-state index in [4.69, 9.17) is 14.1 Å². The average molecular weight is 637 g/mol. The van der Waals surface area contributed by atoms with Crippen LogP contribution in [0, 0.1) is 27.2 Å². The van der Waals surface area contributed by atoms with Crippen LogP contribution in [0.1, 0.15) is 45.6 Å². The van der Waals surface area contributed by atoms with Crippen molar-refractivity contribution in [3.8, 4) is 11.5 Å². The second-order valence-corrected chi connectivity index (χ2v) is 11.6. The Morgan fingerprint density at radius 2 is 1.97 bits per heavy atom. The molecule has 204 valence electrons. The second kappa shape index (κ2) is 11.4. The molecule has 3 aliphatic rings. The van der Waals surface area contributed by atoms with Crippen molar-refractivity contribution >= 4 is 53.7 Å². The highest BCUT2D eigenvalue weighted by molar-refractivity contribution is 14.1. The summed E-state index contributed by atoms with van der Waals surface area (Å²) >= 11 is 2.06. The van der Waals surface area contributed by atoms with Gasteiger partial charge >= 0.3 is 13.2 Å². The van der Waals surface area contributed by atoms with Gasteiger partial charge in [0.25, 0.3) is 0 Å². The summed E-state index contributed by atoms with van der Waals surface area (Å²) in [4.78, 5) is 39.2. The summed E-state index contributed by atoms with van der Waals surface area (Å²) in [5, 5.41) is 20.8. The lowest BCUT2D eigenvalue weighted by molar-refractivity contribution is -0.137. The SMILES string of the molecule is COC(=O)N1C(=O)[C@@H]2[C@@H](CC(C(C)C)=C3[C@@H](CC/C(C)=C/c4cc(I)c(O)c(OC)c4)OB(O)C[C@@H]32)C1=O. The van der Waals surface area contributed by atoms with E-state index in [1.807, 2.05) is 32.9 Å². The third kappa shape index (κ3) is 5.24. The van der Waals surface area contributed by atoms with Gasteiger partial charge in [0, 0.05) is 0 Å². The fourth-order valence-corrected chi connectivity index (χ4v) is 6.69. The first-order chi connectivity index (χ1) is 18.0. The highest BCUT2D eigenvalue weighted by Gasteiger charge is 2.59. The zero-order valence-corrected chi connectivity index (χ0v) is 24.4. The third-order valence-electron chi connectivity index (χ3n) is 7.78. The summed E-state index contributed by atoms with van der Waals surface area (Å²) in [6.45, 7) is 6.10. The number of nitrogens with zero attached hydrogens (tertiary/aromatic N) is 1. The number of methoxy groups -OCH3 is 2. The van der Waals surface area contributed by atoms with Crippen LogP contribution in [0.2, 0.25) is 6.32 Å². The fraction of sp³-hybridized carbons (Fsp3) is 0.519. The molecule has 2 aliphatic heterocycles. The van der Waals surface area contributed by atoms with E-state index in [1.54, 1.807) is 6.07 Å². The van der Waals surface area contributed by atoms with Crippen LogP contribution < -0.4 is 4.74 Å². The first kappa shape index (κ1) is 28.6. The molecule has 1 aromatic carbocycles. The summed E-state index contributed by atoms with van der Waals surface area (Å²) in [5.41, 5.74) is 4.00. The lowest BCUT2D eigenvalue weighted by Gasteiger charge is -2.44. The monoisotopic (exact) mass is 637 g/mol. The predicted octanol–water partition coefficient (Wildman–Crippen LogP) is 4.41. The Bertz CT molecular complexity index is 1210. The molecule has 0 saturated carbocycles. The number of halogens is 1. The molecule has 11 heteroatoms. The minimum atomic E-state index is -1.08. The van der Waals surface area contributed by atoms with E-state index in [0.717, 1.165) is 29.4 Å². The molecular weight excluding hydrogens is 604 g/mol. The maximum Gasteiger partial charge on any atom is 0.455 e. The number of carbonyl (C=O) groups excluding carboxylic acids is 3. The molecule has 2 fully saturated rings. The smallest absolute Gasteiger partial charge is 0.455 e. The Hall–Kier alpha value is -2.38. The first-order valence-corrected chi connectivity index (χ1v) is 13.8. The van der Waals surface area contributed by atoms with Gasteiger partial charge in [-0.15, -0.1) is 0 Å². The van der Waals surface area contributed by atoms with Crippen LogP contribution >= 0.6 is 22.6 Å². The molecule has 2 N–H and O–H groups in total. The highest BCUT2D eigenvalue weighted by Crippen LogP contribution is 2.52. The van der Waals surface area contributed by atoms with Gasteiger partial charge in [-0.25, -0.2) is 4.79 Å². The van der Waals surface area contributed by atoms with Gasteiger partial charge in [0.05, 0.1) is 35.7 Å². The molecule has 4 rings (SSSR count). The number of imide groups is 3. The van der Waals surface area contributed by atoms with Crippen molar-refractivity contribution in [3.63, 3.8) is 0 Å². The number of benzene rings is 1. The second-order valence-electron chi connectivity index (χ2n) is 10.5. The number of fused-ring (bicyclic) bond motifs is 3. The minimum absolute atomic E-state index is 0.105. The van der Waals surface area contributed by atoms with Crippen LogP contribution in [0.4, 0.5) is 4.79 Å². The molecule has 4 atom stereocenters. The fourth-order valence-electron chi connectivity index (χ4n) is 6.07. The molecule has 0 radical (unpaired) electrons. The predicted molar refractivity (Wildman–Crippen MR) is 149 cm³/mol. The molecule has 9 nitrogen and oxygen atoms in total. The molecule has 2 heterocycles. The van der Waals surface area contributed by atoms with Crippen molar-refractivity contribution in [3.05, 3.63) is 38.0 Å². The molecule has 1 aliphatic carbocycles. The van der Waals surface area contributed by atoms with Gasteiger partial charge in [-0.05, 0) is 90.2 Å². The van der Waals surface area contributed by atoms with Gasteiger partial charge in [-0.1, -0.05) is 31.1 Å². The molecule has 0 unspecified atom stereocenters. The topological polar surface area (TPSA) is 123 Å². The lowest BCUT2D eigenvalue weighted by Crippen LogP contribution is -2.46. The van der Waals surface area contributed by atoms with Gasteiger partial charge in [0.15, 0.2) is 11.5 Å². The molecule has 0 bridgehead atoms. The summed E-state index contributed by atoms with van der Waals surface area (Å²) in [7, 11) is 1.58. The van der Waals surface area contributed by atoms with E-state index < -0.39 is 48.9 Å². The summed E-state index contributed by atoms with van der Waals surface area (Å²) in [5.74, 6) is -2.23. The Morgan fingerprint density at radius 3 is 2.61 bits per heavy atom. The molecule has 38 heavy (non-hydrogen) atoms.